The van der Waals surface area contributed by atoms with Crippen molar-refractivity contribution in [3.8, 4) is 0 Å². The molecule has 1 fully saturated rings. The van der Waals surface area contributed by atoms with Gasteiger partial charge in [0.15, 0.2) is 11.5 Å². The SMILES string of the molecule is O=S(=O)(CCn1cnc2ccccc21)N1CCCC1c1nnc2ccccn12. The molecule has 4 aromatic rings. The molecule has 5 rings (SSSR count). The van der Waals surface area contributed by atoms with Crippen molar-refractivity contribution in [3.05, 3.63) is 60.8 Å². The number of para-hydroxylation sites is 2. The fraction of sp³-hybridized carbons (Fsp3) is 0.316. The molecule has 1 atom stereocenters. The number of hydrogen-bond donors (Lipinski definition) is 0. The summed E-state index contributed by atoms with van der Waals surface area (Å²) in [5, 5.41) is 8.46. The maximum atomic E-state index is 13.1. The number of nitrogens with zero attached hydrogens (tertiary/aromatic N) is 6. The molecule has 1 aliphatic rings. The second kappa shape index (κ2) is 6.68. The molecular weight excluding hydrogens is 376 g/mol. The molecule has 1 unspecified atom stereocenters. The average Bonchev–Trinajstić information content (AvgIpc) is 3.43. The van der Waals surface area contributed by atoms with Gasteiger partial charge in [0.05, 0.1) is 29.2 Å². The van der Waals surface area contributed by atoms with Gasteiger partial charge in [0.1, 0.15) is 0 Å². The lowest BCUT2D eigenvalue weighted by Gasteiger charge is -2.23. The third-order valence-corrected chi connectivity index (χ3v) is 7.17. The van der Waals surface area contributed by atoms with E-state index in [4.69, 9.17) is 0 Å². The lowest BCUT2D eigenvalue weighted by Crippen LogP contribution is -2.34. The Morgan fingerprint density at radius 1 is 1.07 bits per heavy atom. The van der Waals surface area contributed by atoms with Crippen molar-refractivity contribution >= 4 is 26.7 Å². The zero-order valence-electron chi connectivity index (χ0n) is 15.2. The molecule has 0 spiro atoms. The van der Waals surface area contributed by atoms with Gasteiger partial charge >= 0.3 is 0 Å². The monoisotopic (exact) mass is 396 g/mol. The van der Waals surface area contributed by atoms with E-state index in [1.165, 1.54) is 0 Å². The van der Waals surface area contributed by atoms with E-state index in [-0.39, 0.29) is 11.8 Å². The molecule has 144 valence electrons. The van der Waals surface area contributed by atoms with Gasteiger partial charge in [-0.05, 0) is 37.1 Å². The summed E-state index contributed by atoms with van der Waals surface area (Å²) in [6.07, 6.45) is 5.15. The van der Waals surface area contributed by atoms with Gasteiger partial charge in [0, 0.05) is 19.3 Å². The third-order valence-electron chi connectivity index (χ3n) is 5.32. The zero-order valence-corrected chi connectivity index (χ0v) is 16.0. The second-order valence-corrected chi connectivity index (χ2v) is 9.04. The van der Waals surface area contributed by atoms with Crippen molar-refractivity contribution in [1.29, 1.82) is 0 Å². The number of aromatic nitrogens is 5. The van der Waals surface area contributed by atoms with Crippen molar-refractivity contribution in [3.63, 3.8) is 0 Å². The Morgan fingerprint density at radius 3 is 2.86 bits per heavy atom. The Morgan fingerprint density at radius 2 is 1.93 bits per heavy atom. The van der Waals surface area contributed by atoms with Gasteiger partial charge in [0.25, 0.3) is 0 Å². The first-order valence-electron chi connectivity index (χ1n) is 9.32. The van der Waals surface area contributed by atoms with Crippen molar-refractivity contribution in [2.24, 2.45) is 0 Å². The molecule has 3 aromatic heterocycles. The van der Waals surface area contributed by atoms with Gasteiger partial charge in [-0.1, -0.05) is 18.2 Å². The minimum absolute atomic E-state index is 0.0284. The fourth-order valence-electron chi connectivity index (χ4n) is 3.94. The number of sulfonamides is 1. The minimum Gasteiger partial charge on any atom is -0.330 e. The molecule has 0 aliphatic carbocycles. The number of benzene rings is 1. The van der Waals surface area contributed by atoms with E-state index < -0.39 is 10.0 Å². The van der Waals surface area contributed by atoms with Gasteiger partial charge in [0.2, 0.25) is 10.0 Å². The minimum atomic E-state index is -3.44. The highest BCUT2D eigenvalue weighted by Gasteiger charge is 2.37. The van der Waals surface area contributed by atoms with Gasteiger partial charge < -0.3 is 4.57 Å². The zero-order chi connectivity index (χ0) is 19.1. The number of hydrogen-bond acceptors (Lipinski definition) is 5. The summed E-state index contributed by atoms with van der Waals surface area (Å²) >= 11 is 0. The quantitative estimate of drug-likeness (QED) is 0.516. The van der Waals surface area contributed by atoms with Gasteiger partial charge in [-0.3, -0.25) is 4.40 Å². The Kier molecular flexibility index (Phi) is 4.13. The predicted octanol–water partition coefficient (Wildman–Crippen LogP) is 2.25. The van der Waals surface area contributed by atoms with E-state index in [0.717, 1.165) is 29.5 Å². The van der Waals surface area contributed by atoms with Crippen LogP contribution in [0.1, 0.15) is 24.7 Å². The number of pyridine rings is 1. The highest BCUT2D eigenvalue weighted by atomic mass is 32.2. The van der Waals surface area contributed by atoms with E-state index >= 15 is 0 Å². The van der Waals surface area contributed by atoms with Gasteiger partial charge in [-0.25, -0.2) is 13.4 Å². The summed E-state index contributed by atoms with van der Waals surface area (Å²) in [7, 11) is -3.44. The van der Waals surface area contributed by atoms with Gasteiger partial charge in [-0.2, -0.15) is 4.31 Å². The first-order valence-corrected chi connectivity index (χ1v) is 10.9. The van der Waals surface area contributed by atoms with Crippen LogP contribution in [0.2, 0.25) is 0 Å². The molecule has 28 heavy (non-hydrogen) atoms. The average molecular weight is 396 g/mol. The van der Waals surface area contributed by atoms with Crippen LogP contribution in [0.5, 0.6) is 0 Å². The largest absolute Gasteiger partial charge is 0.330 e. The Balaban J connectivity index is 1.40. The summed E-state index contributed by atoms with van der Waals surface area (Å²) in [4.78, 5) is 4.34. The molecule has 4 heterocycles. The number of rotatable bonds is 5. The summed E-state index contributed by atoms with van der Waals surface area (Å²) in [6, 6.07) is 13.1. The molecule has 1 aliphatic heterocycles. The van der Waals surface area contributed by atoms with Crippen molar-refractivity contribution < 1.29 is 8.42 Å². The van der Waals surface area contributed by atoms with Crippen LogP contribution in [0.25, 0.3) is 16.7 Å². The smallest absolute Gasteiger partial charge is 0.216 e. The molecule has 0 radical (unpaired) electrons. The summed E-state index contributed by atoms with van der Waals surface area (Å²) in [6.45, 7) is 0.881. The standard InChI is InChI=1S/C19H20N6O2S/c26-28(27,13-12-23-14-20-15-6-1-2-7-16(15)23)25-11-5-8-17(25)19-22-21-18-9-3-4-10-24(18)19/h1-4,6-7,9-10,14,17H,5,8,11-13H2. The van der Waals surface area contributed by atoms with Crippen LogP contribution >= 0.6 is 0 Å². The van der Waals surface area contributed by atoms with E-state index in [9.17, 15) is 8.42 Å². The van der Waals surface area contributed by atoms with E-state index in [0.29, 0.717) is 18.9 Å². The van der Waals surface area contributed by atoms with Crippen LogP contribution in [-0.4, -0.2) is 49.2 Å². The maximum absolute atomic E-state index is 13.1. The molecule has 0 bridgehead atoms. The van der Waals surface area contributed by atoms with E-state index in [1.54, 1.807) is 10.6 Å². The van der Waals surface area contributed by atoms with Crippen LogP contribution in [0.4, 0.5) is 0 Å². The van der Waals surface area contributed by atoms with E-state index in [2.05, 4.69) is 15.2 Å². The lowest BCUT2D eigenvalue weighted by molar-refractivity contribution is 0.380. The fourth-order valence-corrected chi connectivity index (χ4v) is 5.59. The molecular formula is C19H20N6O2S. The maximum Gasteiger partial charge on any atom is 0.216 e. The molecule has 8 nitrogen and oxygen atoms in total. The summed E-state index contributed by atoms with van der Waals surface area (Å²) in [5.41, 5.74) is 2.54. The Hall–Kier alpha value is -2.78. The highest BCUT2D eigenvalue weighted by Crippen LogP contribution is 2.33. The third kappa shape index (κ3) is 2.87. The van der Waals surface area contributed by atoms with Gasteiger partial charge in [-0.15, -0.1) is 10.2 Å². The number of aryl methyl sites for hydroxylation is 1. The molecule has 1 saturated heterocycles. The molecule has 9 heteroatoms. The van der Waals surface area contributed by atoms with Crippen LogP contribution in [-0.2, 0) is 16.6 Å². The number of imidazole rings is 1. The second-order valence-electron chi connectivity index (χ2n) is 7.00. The normalized spacial score (nSPS) is 18.4. The highest BCUT2D eigenvalue weighted by molar-refractivity contribution is 7.89. The topological polar surface area (TPSA) is 85.4 Å². The van der Waals surface area contributed by atoms with E-state index in [1.807, 2.05) is 57.6 Å². The van der Waals surface area contributed by atoms with Crippen LogP contribution in [0.3, 0.4) is 0 Å². The molecule has 0 amide bonds. The summed E-state index contributed by atoms with van der Waals surface area (Å²) in [5.74, 6) is 0.713. The van der Waals surface area contributed by atoms with Crippen LogP contribution in [0, 0.1) is 0 Å². The molecule has 0 N–H and O–H groups in total. The lowest BCUT2D eigenvalue weighted by atomic mass is 10.2. The Labute approximate surface area is 162 Å². The Bertz CT molecular complexity index is 1250. The van der Waals surface area contributed by atoms with Crippen LogP contribution < -0.4 is 0 Å². The predicted molar refractivity (Wildman–Crippen MR) is 105 cm³/mol. The van der Waals surface area contributed by atoms with Crippen molar-refractivity contribution in [2.45, 2.75) is 25.4 Å². The van der Waals surface area contributed by atoms with Crippen molar-refractivity contribution in [2.75, 3.05) is 12.3 Å². The number of fused-ring (bicyclic) bond motifs is 2. The summed E-state index contributed by atoms with van der Waals surface area (Å²) < 4.78 is 31.6. The van der Waals surface area contributed by atoms with Crippen molar-refractivity contribution in [1.82, 2.24) is 28.5 Å². The molecule has 0 saturated carbocycles. The first-order chi connectivity index (χ1) is 13.6. The first kappa shape index (κ1) is 17.3. The van der Waals surface area contributed by atoms with Crippen LogP contribution in [0.15, 0.2) is 55.0 Å². The molecule has 1 aromatic carbocycles.